The van der Waals surface area contributed by atoms with Crippen molar-refractivity contribution >= 4 is 5.78 Å². The topological polar surface area (TPSA) is 29.1 Å². The Kier molecular flexibility index (Phi) is 2.82. The Morgan fingerprint density at radius 3 is 2.87 bits per heavy atom. The van der Waals surface area contributed by atoms with Crippen molar-refractivity contribution in [2.45, 2.75) is 25.8 Å². The van der Waals surface area contributed by atoms with Gasteiger partial charge in [0.05, 0.1) is 6.04 Å². The van der Waals surface area contributed by atoms with E-state index in [1.165, 1.54) is 12.1 Å². The molecule has 0 spiro atoms. The number of carbonyl (C=O) groups is 1. The molecule has 1 saturated heterocycles. The van der Waals surface area contributed by atoms with Gasteiger partial charge in [-0.3, -0.25) is 4.79 Å². The molecule has 0 aliphatic carbocycles. The molecule has 1 N–H and O–H groups in total. The molecule has 1 aromatic rings. The summed E-state index contributed by atoms with van der Waals surface area (Å²) in [4.78, 5) is 11.9. The molecule has 0 radical (unpaired) electrons. The van der Waals surface area contributed by atoms with Gasteiger partial charge in [-0.05, 0) is 50.1 Å². The maximum Gasteiger partial charge on any atom is 0.179 e. The fourth-order valence-electron chi connectivity index (χ4n) is 1.99. The van der Waals surface area contributed by atoms with Gasteiger partial charge in [0.25, 0.3) is 0 Å². The third-order valence-electron chi connectivity index (χ3n) is 2.70. The second-order valence-corrected chi connectivity index (χ2v) is 4.03. The van der Waals surface area contributed by atoms with Crippen LogP contribution >= 0.6 is 0 Å². The third-order valence-corrected chi connectivity index (χ3v) is 2.70. The number of hydrogen-bond donors (Lipinski definition) is 1. The van der Waals surface area contributed by atoms with Crippen molar-refractivity contribution in [3.8, 4) is 0 Å². The van der Waals surface area contributed by atoms with Crippen LogP contribution in [0.25, 0.3) is 0 Å². The van der Waals surface area contributed by atoms with E-state index in [0.29, 0.717) is 5.56 Å². The lowest BCUT2D eigenvalue weighted by Crippen LogP contribution is -2.30. The van der Waals surface area contributed by atoms with Crippen LogP contribution in [-0.2, 0) is 0 Å². The Morgan fingerprint density at radius 2 is 2.27 bits per heavy atom. The average Bonchev–Trinajstić information content (AvgIpc) is 2.67. The van der Waals surface area contributed by atoms with Crippen molar-refractivity contribution in [3.05, 3.63) is 35.1 Å². The van der Waals surface area contributed by atoms with Crippen molar-refractivity contribution in [1.82, 2.24) is 5.32 Å². The minimum atomic E-state index is -0.337. The molecule has 0 bridgehead atoms. The fraction of sp³-hybridized carbons (Fsp3) is 0.417. The van der Waals surface area contributed by atoms with Gasteiger partial charge in [0.15, 0.2) is 5.78 Å². The van der Waals surface area contributed by atoms with E-state index in [2.05, 4.69) is 5.32 Å². The van der Waals surface area contributed by atoms with E-state index in [1.807, 2.05) is 0 Å². The molecule has 1 heterocycles. The van der Waals surface area contributed by atoms with Crippen LogP contribution in [-0.4, -0.2) is 18.4 Å². The largest absolute Gasteiger partial charge is 0.307 e. The standard InChI is InChI=1S/C12H14FNO/c1-8-5-9(7-10(13)6-8)12(15)11-3-2-4-14-11/h5-7,11,14H,2-4H2,1H3. The predicted molar refractivity (Wildman–Crippen MR) is 56.5 cm³/mol. The minimum Gasteiger partial charge on any atom is -0.307 e. The quantitative estimate of drug-likeness (QED) is 0.752. The highest BCUT2D eigenvalue weighted by atomic mass is 19.1. The van der Waals surface area contributed by atoms with Crippen molar-refractivity contribution < 1.29 is 9.18 Å². The van der Waals surface area contributed by atoms with Gasteiger partial charge in [0.2, 0.25) is 0 Å². The van der Waals surface area contributed by atoms with Gasteiger partial charge < -0.3 is 5.32 Å². The second kappa shape index (κ2) is 4.11. The molecule has 1 aliphatic heterocycles. The van der Waals surface area contributed by atoms with Crippen LogP contribution in [0.1, 0.15) is 28.8 Å². The zero-order valence-corrected chi connectivity index (χ0v) is 8.72. The van der Waals surface area contributed by atoms with E-state index in [-0.39, 0.29) is 17.6 Å². The molecule has 0 aromatic heterocycles. The number of nitrogens with one attached hydrogen (secondary N) is 1. The van der Waals surface area contributed by atoms with Crippen LogP contribution in [0.4, 0.5) is 4.39 Å². The number of Topliss-reactive ketones (excluding diaryl/α,β-unsaturated/α-hetero) is 1. The molecule has 2 nitrogen and oxygen atoms in total. The van der Waals surface area contributed by atoms with E-state index >= 15 is 0 Å². The highest BCUT2D eigenvalue weighted by Gasteiger charge is 2.23. The normalized spacial score (nSPS) is 20.5. The Morgan fingerprint density at radius 1 is 1.47 bits per heavy atom. The van der Waals surface area contributed by atoms with Gasteiger partial charge in [0, 0.05) is 5.56 Å². The molecule has 3 heteroatoms. The lowest BCUT2D eigenvalue weighted by molar-refractivity contribution is 0.0952. The number of hydrogen-bond acceptors (Lipinski definition) is 2. The van der Waals surface area contributed by atoms with E-state index in [4.69, 9.17) is 0 Å². The van der Waals surface area contributed by atoms with E-state index < -0.39 is 0 Å². The summed E-state index contributed by atoms with van der Waals surface area (Å²) < 4.78 is 13.1. The second-order valence-electron chi connectivity index (χ2n) is 4.03. The number of carbonyl (C=O) groups excluding carboxylic acids is 1. The van der Waals surface area contributed by atoms with Crippen LogP contribution in [0.3, 0.4) is 0 Å². The average molecular weight is 207 g/mol. The van der Waals surface area contributed by atoms with Crippen molar-refractivity contribution in [2.75, 3.05) is 6.54 Å². The Hall–Kier alpha value is -1.22. The first-order chi connectivity index (χ1) is 7.16. The molecule has 1 aliphatic rings. The van der Waals surface area contributed by atoms with E-state index in [9.17, 15) is 9.18 Å². The molecular weight excluding hydrogens is 193 g/mol. The Balaban J connectivity index is 2.24. The molecule has 0 saturated carbocycles. The summed E-state index contributed by atoms with van der Waals surface area (Å²) in [5.41, 5.74) is 1.27. The molecular formula is C12H14FNO. The predicted octanol–water partition coefficient (Wildman–Crippen LogP) is 2.07. The molecule has 1 aromatic carbocycles. The minimum absolute atomic E-state index is 0.00935. The summed E-state index contributed by atoms with van der Waals surface area (Å²) >= 11 is 0. The summed E-state index contributed by atoms with van der Waals surface area (Å²) in [6.45, 7) is 2.67. The van der Waals surface area contributed by atoms with Crippen LogP contribution in [0.2, 0.25) is 0 Å². The van der Waals surface area contributed by atoms with E-state index in [0.717, 1.165) is 24.9 Å². The number of benzene rings is 1. The fourth-order valence-corrected chi connectivity index (χ4v) is 1.99. The first-order valence-corrected chi connectivity index (χ1v) is 5.21. The van der Waals surface area contributed by atoms with Crippen LogP contribution in [0.15, 0.2) is 18.2 Å². The molecule has 1 unspecified atom stereocenters. The number of halogens is 1. The Bertz CT molecular complexity index is 363. The Labute approximate surface area is 88.5 Å². The first kappa shape index (κ1) is 10.3. The molecule has 80 valence electrons. The molecule has 15 heavy (non-hydrogen) atoms. The molecule has 0 amide bonds. The summed E-state index contributed by atoms with van der Waals surface area (Å²) in [7, 11) is 0. The molecule has 2 rings (SSSR count). The van der Waals surface area contributed by atoms with Crippen molar-refractivity contribution in [2.24, 2.45) is 0 Å². The monoisotopic (exact) mass is 207 g/mol. The first-order valence-electron chi connectivity index (χ1n) is 5.21. The number of aryl methyl sites for hydroxylation is 1. The SMILES string of the molecule is Cc1cc(F)cc(C(=O)C2CCCN2)c1. The van der Waals surface area contributed by atoms with Gasteiger partial charge in [-0.1, -0.05) is 0 Å². The van der Waals surface area contributed by atoms with Crippen molar-refractivity contribution in [1.29, 1.82) is 0 Å². The summed E-state index contributed by atoms with van der Waals surface area (Å²) in [5, 5.41) is 3.12. The van der Waals surface area contributed by atoms with Gasteiger partial charge in [-0.25, -0.2) is 4.39 Å². The number of rotatable bonds is 2. The highest BCUT2D eigenvalue weighted by molar-refractivity contribution is 6.00. The summed E-state index contributed by atoms with van der Waals surface area (Å²) in [6.07, 6.45) is 1.87. The summed E-state index contributed by atoms with van der Waals surface area (Å²) in [6, 6.07) is 4.37. The van der Waals surface area contributed by atoms with Crippen LogP contribution in [0.5, 0.6) is 0 Å². The lowest BCUT2D eigenvalue weighted by Gasteiger charge is -2.09. The summed E-state index contributed by atoms with van der Waals surface area (Å²) in [5.74, 6) is -0.327. The van der Waals surface area contributed by atoms with Gasteiger partial charge in [-0.2, -0.15) is 0 Å². The highest BCUT2D eigenvalue weighted by Crippen LogP contribution is 2.15. The maximum absolute atomic E-state index is 13.1. The zero-order valence-electron chi connectivity index (χ0n) is 8.72. The van der Waals surface area contributed by atoms with Gasteiger partial charge in [-0.15, -0.1) is 0 Å². The zero-order chi connectivity index (χ0) is 10.8. The molecule has 1 fully saturated rings. The van der Waals surface area contributed by atoms with Gasteiger partial charge in [0.1, 0.15) is 5.82 Å². The lowest BCUT2D eigenvalue weighted by atomic mass is 10.0. The van der Waals surface area contributed by atoms with Gasteiger partial charge >= 0.3 is 0 Å². The number of ketones is 1. The smallest absolute Gasteiger partial charge is 0.179 e. The molecule has 1 atom stereocenters. The van der Waals surface area contributed by atoms with Crippen molar-refractivity contribution in [3.63, 3.8) is 0 Å². The maximum atomic E-state index is 13.1. The van der Waals surface area contributed by atoms with E-state index in [1.54, 1.807) is 13.0 Å². The van der Waals surface area contributed by atoms with Crippen LogP contribution < -0.4 is 5.32 Å². The van der Waals surface area contributed by atoms with Crippen LogP contribution in [0, 0.1) is 12.7 Å². The third kappa shape index (κ3) is 2.23.